The van der Waals surface area contributed by atoms with Gasteiger partial charge in [-0.2, -0.15) is 5.10 Å². The van der Waals surface area contributed by atoms with Crippen molar-refractivity contribution < 1.29 is 19.8 Å². The molecule has 8 heteroatoms. The number of nitrogens with one attached hydrogen (secondary N) is 3. The molecule has 0 saturated heterocycles. The first-order valence-electron chi connectivity index (χ1n) is 5.02. The number of aromatic amines is 1. The third kappa shape index (κ3) is 3.85. The SMILES string of the molecule is O=C(NCCO)c1cc(C(=O)NCCO)[nH]n1. The predicted octanol–water partition coefficient (Wildman–Crippen LogP) is -2.15. The lowest BCUT2D eigenvalue weighted by molar-refractivity contribution is 0.0934. The number of aromatic nitrogens is 2. The van der Waals surface area contributed by atoms with Crippen LogP contribution in [0.15, 0.2) is 6.07 Å². The normalized spacial score (nSPS) is 10.0. The smallest absolute Gasteiger partial charge is 0.271 e. The highest BCUT2D eigenvalue weighted by molar-refractivity contribution is 5.97. The van der Waals surface area contributed by atoms with Gasteiger partial charge in [0.2, 0.25) is 0 Å². The fourth-order valence-corrected chi connectivity index (χ4v) is 1.08. The number of hydrogen-bond donors (Lipinski definition) is 5. The van der Waals surface area contributed by atoms with Crippen molar-refractivity contribution in [3.05, 3.63) is 17.5 Å². The van der Waals surface area contributed by atoms with Crippen molar-refractivity contribution in [3.8, 4) is 0 Å². The summed E-state index contributed by atoms with van der Waals surface area (Å²) in [6.07, 6.45) is 0. The van der Waals surface area contributed by atoms with Gasteiger partial charge in [0, 0.05) is 19.2 Å². The van der Waals surface area contributed by atoms with Crippen LogP contribution in [0.2, 0.25) is 0 Å². The minimum absolute atomic E-state index is 0.0626. The van der Waals surface area contributed by atoms with Crippen LogP contribution in [-0.4, -0.2) is 58.5 Å². The molecule has 0 aromatic carbocycles. The number of carbonyl (C=O) groups excluding carboxylic acids is 2. The van der Waals surface area contributed by atoms with Gasteiger partial charge in [0.25, 0.3) is 11.8 Å². The van der Waals surface area contributed by atoms with E-state index in [-0.39, 0.29) is 37.7 Å². The third-order valence-electron chi connectivity index (χ3n) is 1.85. The molecule has 0 aliphatic carbocycles. The Labute approximate surface area is 97.0 Å². The molecule has 2 amide bonds. The number of aliphatic hydroxyl groups excluding tert-OH is 2. The van der Waals surface area contributed by atoms with Crippen molar-refractivity contribution in [1.82, 2.24) is 20.8 Å². The Bertz CT molecular complexity index is 356. The summed E-state index contributed by atoms with van der Waals surface area (Å²) in [5.41, 5.74) is 0.195. The molecule has 8 nitrogen and oxygen atoms in total. The van der Waals surface area contributed by atoms with E-state index in [1.807, 2.05) is 0 Å². The molecule has 1 rings (SSSR count). The van der Waals surface area contributed by atoms with E-state index in [0.717, 1.165) is 0 Å². The Balaban J connectivity index is 2.58. The van der Waals surface area contributed by atoms with Crippen LogP contribution in [0.4, 0.5) is 0 Å². The topological polar surface area (TPSA) is 127 Å². The number of H-pyrrole nitrogens is 1. The van der Waals surface area contributed by atoms with E-state index in [1.54, 1.807) is 0 Å². The Morgan fingerprint density at radius 1 is 1.18 bits per heavy atom. The largest absolute Gasteiger partial charge is 0.395 e. The minimum Gasteiger partial charge on any atom is -0.395 e. The maximum absolute atomic E-state index is 11.4. The fourth-order valence-electron chi connectivity index (χ4n) is 1.08. The molecule has 0 saturated carbocycles. The molecule has 1 heterocycles. The number of aliphatic hydroxyl groups is 2. The molecule has 1 aromatic rings. The van der Waals surface area contributed by atoms with Crippen LogP contribution in [0.25, 0.3) is 0 Å². The molecule has 0 aliphatic rings. The van der Waals surface area contributed by atoms with Gasteiger partial charge in [0.15, 0.2) is 5.69 Å². The number of rotatable bonds is 6. The van der Waals surface area contributed by atoms with Crippen molar-refractivity contribution in [2.45, 2.75) is 0 Å². The molecule has 94 valence electrons. The number of amides is 2. The average Bonchev–Trinajstić information content (AvgIpc) is 2.82. The molecular weight excluding hydrogens is 228 g/mol. The van der Waals surface area contributed by atoms with Crippen molar-refractivity contribution in [1.29, 1.82) is 0 Å². The molecule has 0 unspecified atom stereocenters. The summed E-state index contributed by atoms with van der Waals surface area (Å²) in [7, 11) is 0. The lowest BCUT2D eigenvalue weighted by Crippen LogP contribution is -2.27. The van der Waals surface area contributed by atoms with Gasteiger partial charge in [-0.25, -0.2) is 0 Å². The minimum atomic E-state index is -0.475. The highest BCUT2D eigenvalue weighted by Gasteiger charge is 2.13. The number of nitrogens with zero attached hydrogens (tertiary/aromatic N) is 1. The Morgan fingerprint density at radius 2 is 1.76 bits per heavy atom. The maximum Gasteiger partial charge on any atom is 0.271 e. The molecular formula is C9H14N4O4. The molecule has 0 aliphatic heterocycles. The van der Waals surface area contributed by atoms with Crippen LogP contribution < -0.4 is 10.6 Å². The number of hydrogen-bond acceptors (Lipinski definition) is 5. The van der Waals surface area contributed by atoms with Crippen LogP contribution in [0.1, 0.15) is 21.0 Å². The van der Waals surface area contributed by atoms with E-state index >= 15 is 0 Å². The fraction of sp³-hybridized carbons (Fsp3) is 0.444. The van der Waals surface area contributed by atoms with Crippen LogP contribution in [0.3, 0.4) is 0 Å². The molecule has 1 aromatic heterocycles. The van der Waals surface area contributed by atoms with Crippen molar-refractivity contribution >= 4 is 11.8 Å². The molecule has 0 radical (unpaired) electrons. The summed E-state index contributed by atoms with van der Waals surface area (Å²) in [4.78, 5) is 22.8. The van der Waals surface area contributed by atoms with Gasteiger partial charge in [-0.3, -0.25) is 14.7 Å². The lowest BCUT2D eigenvalue weighted by Gasteiger charge is -1.99. The first kappa shape index (κ1) is 13.1. The van der Waals surface area contributed by atoms with Crippen molar-refractivity contribution in [3.63, 3.8) is 0 Å². The highest BCUT2D eigenvalue weighted by Crippen LogP contribution is 1.99. The van der Waals surface area contributed by atoms with E-state index < -0.39 is 11.8 Å². The van der Waals surface area contributed by atoms with E-state index in [2.05, 4.69) is 20.8 Å². The van der Waals surface area contributed by atoms with Gasteiger partial charge in [0.1, 0.15) is 5.69 Å². The summed E-state index contributed by atoms with van der Waals surface area (Å²) in [6.45, 7) is -0.0780. The second kappa shape index (κ2) is 6.61. The molecule has 5 N–H and O–H groups in total. The predicted molar refractivity (Wildman–Crippen MR) is 57.4 cm³/mol. The van der Waals surface area contributed by atoms with Crippen molar-refractivity contribution in [2.75, 3.05) is 26.3 Å². The van der Waals surface area contributed by atoms with Crippen LogP contribution in [0, 0.1) is 0 Å². The first-order chi connectivity index (χ1) is 8.19. The van der Waals surface area contributed by atoms with Crippen molar-refractivity contribution in [2.24, 2.45) is 0 Å². The zero-order valence-corrected chi connectivity index (χ0v) is 9.06. The summed E-state index contributed by atoms with van der Waals surface area (Å²) in [5.74, 6) is -0.927. The quantitative estimate of drug-likeness (QED) is 0.389. The zero-order valence-electron chi connectivity index (χ0n) is 9.06. The average molecular weight is 242 g/mol. The Kier molecular flexibility index (Phi) is 5.11. The number of carbonyl (C=O) groups is 2. The standard InChI is InChI=1S/C9H14N4O4/c14-3-1-10-8(16)6-5-7(13-12-6)9(17)11-2-4-15/h5,14-15H,1-4H2,(H,10,16)(H,11,17)(H,12,13). The summed E-state index contributed by atoms with van der Waals surface area (Å²) in [5, 5.41) is 27.9. The molecule has 0 fully saturated rings. The molecule has 17 heavy (non-hydrogen) atoms. The summed E-state index contributed by atoms with van der Waals surface area (Å²) >= 11 is 0. The van der Waals surface area contributed by atoms with Gasteiger partial charge in [-0.1, -0.05) is 0 Å². The van der Waals surface area contributed by atoms with E-state index in [9.17, 15) is 9.59 Å². The highest BCUT2D eigenvalue weighted by atomic mass is 16.3. The maximum atomic E-state index is 11.4. The summed E-state index contributed by atoms with van der Waals surface area (Å²) in [6, 6.07) is 1.29. The van der Waals surface area contributed by atoms with Gasteiger partial charge in [0.05, 0.1) is 13.2 Å². The lowest BCUT2D eigenvalue weighted by atomic mass is 10.3. The first-order valence-corrected chi connectivity index (χ1v) is 5.02. The second-order valence-electron chi connectivity index (χ2n) is 3.13. The summed E-state index contributed by atoms with van der Waals surface area (Å²) < 4.78 is 0. The molecule has 0 bridgehead atoms. The van der Waals surface area contributed by atoms with E-state index in [0.29, 0.717) is 0 Å². The van der Waals surface area contributed by atoms with Gasteiger partial charge in [-0.15, -0.1) is 0 Å². The van der Waals surface area contributed by atoms with Gasteiger partial charge < -0.3 is 20.8 Å². The van der Waals surface area contributed by atoms with Crippen LogP contribution in [-0.2, 0) is 0 Å². The van der Waals surface area contributed by atoms with Crippen LogP contribution in [0.5, 0.6) is 0 Å². The third-order valence-corrected chi connectivity index (χ3v) is 1.85. The monoisotopic (exact) mass is 242 g/mol. The van der Waals surface area contributed by atoms with Gasteiger partial charge >= 0.3 is 0 Å². The Morgan fingerprint density at radius 3 is 2.35 bits per heavy atom. The van der Waals surface area contributed by atoms with E-state index in [4.69, 9.17) is 10.2 Å². The zero-order chi connectivity index (χ0) is 12.7. The van der Waals surface area contributed by atoms with E-state index in [1.165, 1.54) is 6.07 Å². The second-order valence-corrected chi connectivity index (χ2v) is 3.13. The molecule has 0 atom stereocenters. The van der Waals surface area contributed by atoms with Crippen LogP contribution >= 0.6 is 0 Å². The van der Waals surface area contributed by atoms with Gasteiger partial charge in [-0.05, 0) is 0 Å². The Hall–Kier alpha value is -1.93. The molecule has 0 spiro atoms.